The Labute approximate surface area is 106 Å². The minimum Gasteiger partial charge on any atom is -0.497 e. The van der Waals surface area contributed by atoms with Crippen LogP contribution >= 0.6 is 0 Å². The van der Waals surface area contributed by atoms with Crippen molar-refractivity contribution in [2.24, 2.45) is 0 Å². The van der Waals surface area contributed by atoms with E-state index in [2.05, 4.69) is 4.98 Å². The van der Waals surface area contributed by atoms with E-state index in [0.717, 1.165) is 11.3 Å². The van der Waals surface area contributed by atoms with E-state index in [-0.39, 0.29) is 5.91 Å². The van der Waals surface area contributed by atoms with E-state index in [9.17, 15) is 4.79 Å². The van der Waals surface area contributed by atoms with Gasteiger partial charge < -0.3 is 14.6 Å². The number of ether oxygens (including phenoxy) is 1. The molecular formula is C14H16N2O2. The second-order valence-electron chi connectivity index (χ2n) is 4.10. The lowest BCUT2D eigenvalue weighted by molar-refractivity contribution is 0.0780. The molecule has 1 heterocycles. The third-order valence-electron chi connectivity index (χ3n) is 2.73. The Bertz CT molecular complexity index is 520. The summed E-state index contributed by atoms with van der Waals surface area (Å²) in [5.74, 6) is 0.774. The number of benzene rings is 1. The Morgan fingerprint density at radius 1 is 1.33 bits per heavy atom. The van der Waals surface area contributed by atoms with E-state index in [1.807, 2.05) is 30.3 Å². The molecule has 0 aliphatic rings. The molecule has 0 fully saturated rings. The number of carbonyl (C=O) groups is 1. The van der Waals surface area contributed by atoms with Crippen molar-refractivity contribution in [2.75, 3.05) is 14.2 Å². The van der Waals surface area contributed by atoms with Crippen LogP contribution in [0.1, 0.15) is 16.1 Å². The van der Waals surface area contributed by atoms with Crippen LogP contribution in [-0.2, 0) is 6.54 Å². The topological polar surface area (TPSA) is 45.3 Å². The van der Waals surface area contributed by atoms with Crippen LogP contribution in [-0.4, -0.2) is 29.9 Å². The molecule has 2 rings (SSSR count). The third-order valence-corrected chi connectivity index (χ3v) is 2.73. The number of methoxy groups -OCH3 is 1. The molecule has 1 N–H and O–H groups in total. The molecule has 0 bridgehead atoms. The molecule has 18 heavy (non-hydrogen) atoms. The average Bonchev–Trinajstić information content (AvgIpc) is 2.92. The van der Waals surface area contributed by atoms with Gasteiger partial charge in [0.2, 0.25) is 0 Å². The van der Waals surface area contributed by atoms with Crippen molar-refractivity contribution in [2.45, 2.75) is 6.54 Å². The number of H-pyrrole nitrogens is 1. The summed E-state index contributed by atoms with van der Waals surface area (Å²) in [6, 6.07) is 11.3. The van der Waals surface area contributed by atoms with Gasteiger partial charge in [0.15, 0.2) is 0 Å². The first-order valence-electron chi connectivity index (χ1n) is 5.72. The molecule has 2 aromatic rings. The second kappa shape index (κ2) is 5.40. The molecular weight excluding hydrogens is 228 g/mol. The van der Waals surface area contributed by atoms with Crippen LogP contribution in [0.3, 0.4) is 0 Å². The SMILES string of the molecule is COc1cccc(CN(C)C(=O)c2ccc[nH]2)c1. The van der Waals surface area contributed by atoms with E-state index in [0.29, 0.717) is 12.2 Å². The highest BCUT2D eigenvalue weighted by Crippen LogP contribution is 2.14. The molecule has 4 nitrogen and oxygen atoms in total. The van der Waals surface area contributed by atoms with Crippen LogP contribution in [0.5, 0.6) is 5.75 Å². The number of nitrogens with one attached hydrogen (secondary N) is 1. The summed E-state index contributed by atoms with van der Waals surface area (Å²) in [6.07, 6.45) is 1.74. The number of nitrogens with zero attached hydrogens (tertiary/aromatic N) is 1. The molecule has 0 saturated heterocycles. The Morgan fingerprint density at radius 2 is 2.17 bits per heavy atom. The number of aromatic amines is 1. The fraction of sp³-hybridized carbons (Fsp3) is 0.214. The van der Waals surface area contributed by atoms with Gasteiger partial charge in [-0.3, -0.25) is 4.79 Å². The highest BCUT2D eigenvalue weighted by molar-refractivity contribution is 5.92. The summed E-state index contributed by atoms with van der Waals surface area (Å²) in [5.41, 5.74) is 1.64. The molecule has 0 spiro atoms. The van der Waals surface area contributed by atoms with Gasteiger partial charge in [-0.15, -0.1) is 0 Å². The molecule has 0 atom stereocenters. The number of amides is 1. The highest BCUT2D eigenvalue weighted by Gasteiger charge is 2.12. The van der Waals surface area contributed by atoms with Gasteiger partial charge in [0.1, 0.15) is 11.4 Å². The van der Waals surface area contributed by atoms with Gasteiger partial charge >= 0.3 is 0 Å². The number of rotatable bonds is 4. The first-order valence-corrected chi connectivity index (χ1v) is 5.72. The summed E-state index contributed by atoms with van der Waals surface area (Å²) >= 11 is 0. The smallest absolute Gasteiger partial charge is 0.270 e. The predicted octanol–water partition coefficient (Wildman–Crippen LogP) is 2.30. The molecule has 0 saturated carbocycles. The first kappa shape index (κ1) is 12.2. The molecule has 0 aliphatic carbocycles. The molecule has 4 heteroatoms. The van der Waals surface area contributed by atoms with Gasteiger partial charge in [0.05, 0.1) is 7.11 Å². The fourth-order valence-electron chi connectivity index (χ4n) is 1.79. The van der Waals surface area contributed by atoms with Crippen LogP contribution in [0.25, 0.3) is 0 Å². The summed E-state index contributed by atoms with van der Waals surface area (Å²) in [7, 11) is 3.41. The Hall–Kier alpha value is -2.23. The Kier molecular flexibility index (Phi) is 3.67. The maximum Gasteiger partial charge on any atom is 0.270 e. The molecule has 0 aliphatic heterocycles. The average molecular weight is 244 g/mol. The summed E-state index contributed by atoms with van der Waals surface area (Å²) in [5, 5.41) is 0. The molecule has 0 radical (unpaired) electrons. The highest BCUT2D eigenvalue weighted by atomic mass is 16.5. The van der Waals surface area contributed by atoms with Crippen molar-refractivity contribution >= 4 is 5.91 Å². The van der Waals surface area contributed by atoms with E-state index >= 15 is 0 Å². The van der Waals surface area contributed by atoms with Crippen LogP contribution in [0.4, 0.5) is 0 Å². The second-order valence-corrected chi connectivity index (χ2v) is 4.10. The van der Waals surface area contributed by atoms with Crippen molar-refractivity contribution < 1.29 is 9.53 Å². The number of carbonyl (C=O) groups excluding carboxylic acids is 1. The van der Waals surface area contributed by atoms with Crippen molar-refractivity contribution in [3.05, 3.63) is 53.9 Å². The van der Waals surface area contributed by atoms with Gasteiger partial charge in [-0.1, -0.05) is 12.1 Å². The van der Waals surface area contributed by atoms with E-state index in [4.69, 9.17) is 4.74 Å². The van der Waals surface area contributed by atoms with Crippen LogP contribution in [0.2, 0.25) is 0 Å². The van der Waals surface area contributed by atoms with Gasteiger partial charge in [-0.25, -0.2) is 0 Å². The zero-order valence-electron chi connectivity index (χ0n) is 10.5. The molecule has 0 unspecified atom stereocenters. The van der Waals surface area contributed by atoms with Crippen LogP contribution < -0.4 is 4.74 Å². The van der Waals surface area contributed by atoms with Crippen LogP contribution in [0.15, 0.2) is 42.6 Å². The fourth-order valence-corrected chi connectivity index (χ4v) is 1.79. The molecule has 1 aromatic heterocycles. The lowest BCUT2D eigenvalue weighted by Gasteiger charge is -2.16. The van der Waals surface area contributed by atoms with Crippen molar-refractivity contribution in [1.29, 1.82) is 0 Å². The standard InChI is InChI=1S/C14H16N2O2/c1-16(14(17)13-7-4-8-15-13)10-11-5-3-6-12(9-11)18-2/h3-9,15H,10H2,1-2H3. The summed E-state index contributed by atoms with van der Waals surface area (Å²) in [4.78, 5) is 16.6. The van der Waals surface area contributed by atoms with Crippen molar-refractivity contribution in [3.8, 4) is 5.75 Å². The van der Waals surface area contributed by atoms with E-state index in [1.54, 1.807) is 31.3 Å². The molecule has 1 amide bonds. The maximum atomic E-state index is 12.0. The Balaban J connectivity index is 2.06. The number of hydrogen-bond acceptors (Lipinski definition) is 2. The number of hydrogen-bond donors (Lipinski definition) is 1. The maximum absolute atomic E-state index is 12.0. The first-order chi connectivity index (χ1) is 8.70. The summed E-state index contributed by atoms with van der Waals surface area (Å²) in [6.45, 7) is 0.551. The van der Waals surface area contributed by atoms with E-state index in [1.165, 1.54) is 0 Å². The van der Waals surface area contributed by atoms with Crippen LogP contribution in [0, 0.1) is 0 Å². The van der Waals surface area contributed by atoms with Gasteiger partial charge in [0.25, 0.3) is 5.91 Å². The molecule has 94 valence electrons. The van der Waals surface area contributed by atoms with Crippen molar-refractivity contribution in [3.63, 3.8) is 0 Å². The predicted molar refractivity (Wildman–Crippen MR) is 69.6 cm³/mol. The summed E-state index contributed by atoms with van der Waals surface area (Å²) < 4.78 is 5.16. The number of aromatic nitrogens is 1. The zero-order chi connectivity index (χ0) is 13.0. The zero-order valence-corrected chi connectivity index (χ0v) is 10.5. The largest absolute Gasteiger partial charge is 0.497 e. The van der Waals surface area contributed by atoms with Gasteiger partial charge in [0, 0.05) is 19.8 Å². The lowest BCUT2D eigenvalue weighted by atomic mass is 10.2. The van der Waals surface area contributed by atoms with Crippen molar-refractivity contribution in [1.82, 2.24) is 9.88 Å². The minimum absolute atomic E-state index is 0.0252. The lowest BCUT2D eigenvalue weighted by Crippen LogP contribution is -2.26. The van der Waals surface area contributed by atoms with Gasteiger partial charge in [-0.2, -0.15) is 0 Å². The van der Waals surface area contributed by atoms with E-state index < -0.39 is 0 Å². The normalized spacial score (nSPS) is 10.1. The monoisotopic (exact) mass is 244 g/mol. The third kappa shape index (κ3) is 2.71. The van der Waals surface area contributed by atoms with Gasteiger partial charge in [-0.05, 0) is 29.8 Å². The Morgan fingerprint density at radius 3 is 2.83 bits per heavy atom. The minimum atomic E-state index is -0.0252. The quantitative estimate of drug-likeness (QED) is 0.897. The molecule has 1 aromatic carbocycles.